The number of rotatable bonds is 2. The SMILES string of the molecule is O=c1cc2oc3ccccc3cc-2c(-c2ccc([N+](=O)[O-])cc2)c1. The molecule has 2 aromatic carbocycles. The van der Waals surface area contributed by atoms with Gasteiger partial charge in [-0.3, -0.25) is 14.9 Å². The summed E-state index contributed by atoms with van der Waals surface area (Å²) < 4.78 is 5.84. The fourth-order valence-corrected chi connectivity index (χ4v) is 2.80. The molecule has 0 radical (unpaired) electrons. The van der Waals surface area contributed by atoms with Gasteiger partial charge in [0.05, 0.1) is 4.92 Å². The van der Waals surface area contributed by atoms with Crippen molar-refractivity contribution in [2.24, 2.45) is 0 Å². The van der Waals surface area contributed by atoms with Crippen LogP contribution in [0.25, 0.3) is 33.4 Å². The van der Waals surface area contributed by atoms with Crippen molar-refractivity contribution in [3.8, 4) is 22.5 Å². The van der Waals surface area contributed by atoms with Gasteiger partial charge in [0.2, 0.25) is 0 Å². The molecular weight excluding hydrogens is 306 g/mol. The van der Waals surface area contributed by atoms with Crippen molar-refractivity contribution in [1.29, 1.82) is 0 Å². The Labute approximate surface area is 136 Å². The van der Waals surface area contributed by atoms with Crippen LogP contribution in [-0.4, -0.2) is 4.92 Å². The van der Waals surface area contributed by atoms with Gasteiger partial charge in [0.1, 0.15) is 11.3 Å². The predicted octanol–water partition coefficient (Wildman–Crippen LogP) is 4.47. The van der Waals surface area contributed by atoms with Crippen LogP contribution in [0.5, 0.6) is 0 Å². The van der Waals surface area contributed by atoms with Crippen LogP contribution < -0.4 is 5.43 Å². The van der Waals surface area contributed by atoms with Crippen LogP contribution in [0.4, 0.5) is 5.69 Å². The molecule has 5 nitrogen and oxygen atoms in total. The summed E-state index contributed by atoms with van der Waals surface area (Å²) in [6, 6.07) is 18.6. The quantitative estimate of drug-likeness (QED) is 0.310. The van der Waals surface area contributed by atoms with Gasteiger partial charge in [-0.05, 0) is 41.5 Å². The smallest absolute Gasteiger partial charge is 0.269 e. The number of fused-ring (bicyclic) bond motifs is 2. The number of nitro benzene ring substituents is 1. The van der Waals surface area contributed by atoms with Crippen LogP contribution in [0.2, 0.25) is 0 Å². The van der Waals surface area contributed by atoms with Crippen molar-refractivity contribution < 1.29 is 9.34 Å². The van der Waals surface area contributed by atoms with E-state index in [4.69, 9.17) is 4.42 Å². The molecule has 0 saturated carbocycles. The Morgan fingerprint density at radius 2 is 1.62 bits per heavy atom. The Morgan fingerprint density at radius 3 is 2.38 bits per heavy atom. The van der Waals surface area contributed by atoms with Crippen LogP contribution >= 0.6 is 0 Å². The summed E-state index contributed by atoms with van der Waals surface area (Å²) in [6.45, 7) is 0. The van der Waals surface area contributed by atoms with E-state index in [9.17, 15) is 14.9 Å². The first-order chi connectivity index (χ1) is 11.6. The van der Waals surface area contributed by atoms with Crippen molar-refractivity contribution in [2.45, 2.75) is 0 Å². The Bertz CT molecular complexity index is 1100. The number of non-ortho nitro benzene ring substituents is 1. The summed E-state index contributed by atoms with van der Waals surface area (Å²) in [6.07, 6.45) is 0. The fourth-order valence-electron chi connectivity index (χ4n) is 2.80. The van der Waals surface area contributed by atoms with Crippen LogP contribution in [0.3, 0.4) is 0 Å². The average molecular weight is 317 g/mol. The first-order valence-corrected chi connectivity index (χ1v) is 7.33. The fraction of sp³-hybridized carbons (Fsp3) is 0. The molecule has 1 aliphatic heterocycles. The highest BCUT2D eigenvalue weighted by molar-refractivity contribution is 5.90. The largest absolute Gasteiger partial charge is 0.456 e. The lowest BCUT2D eigenvalue weighted by Gasteiger charge is -2.12. The third-order valence-electron chi connectivity index (χ3n) is 3.94. The Hall–Kier alpha value is -3.47. The van der Waals surface area contributed by atoms with Gasteiger partial charge in [0.15, 0.2) is 5.43 Å². The van der Waals surface area contributed by atoms with E-state index in [1.807, 2.05) is 30.3 Å². The molecule has 0 bridgehead atoms. The molecule has 0 atom stereocenters. The molecule has 0 N–H and O–H groups in total. The molecule has 24 heavy (non-hydrogen) atoms. The van der Waals surface area contributed by atoms with Crippen LogP contribution in [-0.2, 0) is 0 Å². The average Bonchev–Trinajstić information content (AvgIpc) is 2.59. The minimum atomic E-state index is -0.450. The summed E-state index contributed by atoms with van der Waals surface area (Å²) in [4.78, 5) is 22.4. The lowest BCUT2D eigenvalue weighted by Crippen LogP contribution is -2.01. The number of benzene rings is 3. The zero-order valence-corrected chi connectivity index (χ0v) is 12.4. The maximum Gasteiger partial charge on any atom is 0.269 e. The van der Waals surface area contributed by atoms with E-state index < -0.39 is 4.92 Å². The lowest BCUT2D eigenvalue weighted by atomic mass is 9.96. The second-order valence-electron chi connectivity index (χ2n) is 5.47. The predicted molar refractivity (Wildman–Crippen MR) is 91.2 cm³/mol. The lowest BCUT2D eigenvalue weighted by molar-refractivity contribution is -0.384. The van der Waals surface area contributed by atoms with Gasteiger partial charge >= 0.3 is 0 Å². The Balaban J connectivity index is 1.99. The third kappa shape index (κ3) is 2.32. The summed E-state index contributed by atoms with van der Waals surface area (Å²) >= 11 is 0. The molecule has 0 saturated heterocycles. The van der Waals surface area contributed by atoms with Gasteiger partial charge in [-0.25, -0.2) is 0 Å². The third-order valence-corrected chi connectivity index (χ3v) is 3.94. The molecule has 0 spiro atoms. The maximum absolute atomic E-state index is 12.0. The molecule has 116 valence electrons. The highest BCUT2D eigenvalue weighted by Gasteiger charge is 2.15. The van der Waals surface area contributed by atoms with Gasteiger partial charge in [-0.15, -0.1) is 0 Å². The number of para-hydroxylation sites is 1. The molecule has 5 heteroatoms. The van der Waals surface area contributed by atoms with Gasteiger partial charge < -0.3 is 4.42 Å². The standard InChI is InChI=1S/C19H11NO4/c21-15-10-16(12-5-7-14(8-6-12)20(22)23)17-9-13-3-1-2-4-18(13)24-19(17)11-15/h1-11H. The number of hydrogen-bond acceptors (Lipinski definition) is 4. The molecule has 4 rings (SSSR count). The van der Waals surface area contributed by atoms with E-state index in [1.54, 1.807) is 12.1 Å². The van der Waals surface area contributed by atoms with E-state index in [0.717, 1.165) is 16.5 Å². The normalized spacial score (nSPS) is 11.0. The number of nitrogens with zero attached hydrogens (tertiary/aromatic N) is 1. The van der Waals surface area contributed by atoms with E-state index >= 15 is 0 Å². The molecule has 0 amide bonds. The topological polar surface area (TPSA) is 73.3 Å². The molecule has 1 aliphatic carbocycles. The van der Waals surface area contributed by atoms with Crippen molar-refractivity contribution in [3.05, 3.63) is 87.1 Å². The van der Waals surface area contributed by atoms with Crippen molar-refractivity contribution in [2.75, 3.05) is 0 Å². The summed E-state index contributed by atoms with van der Waals surface area (Å²) in [5, 5.41) is 11.7. The molecule has 2 aliphatic rings. The summed E-state index contributed by atoms with van der Waals surface area (Å²) in [5.74, 6) is 0.495. The van der Waals surface area contributed by atoms with Crippen LogP contribution in [0.15, 0.2) is 75.9 Å². The van der Waals surface area contributed by atoms with Gasteiger partial charge in [0.25, 0.3) is 5.69 Å². The van der Waals surface area contributed by atoms with Crippen LogP contribution in [0.1, 0.15) is 0 Å². The van der Waals surface area contributed by atoms with Crippen molar-refractivity contribution in [1.82, 2.24) is 0 Å². The van der Waals surface area contributed by atoms with E-state index in [0.29, 0.717) is 16.9 Å². The molecule has 2 aromatic rings. The maximum atomic E-state index is 12.0. The first kappa shape index (κ1) is 14.1. The second-order valence-corrected chi connectivity index (χ2v) is 5.47. The monoisotopic (exact) mass is 317 g/mol. The highest BCUT2D eigenvalue weighted by Crippen LogP contribution is 2.35. The molecule has 0 aromatic heterocycles. The minimum Gasteiger partial charge on any atom is -0.456 e. The minimum absolute atomic E-state index is 0.0106. The van der Waals surface area contributed by atoms with E-state index in [2.05, 4.69) is 0 Å². The van der Waals surface area contributed by atoms with Crippen molar-refractivity contribution in [3.63, 3.8) is 0 Å². The Morgan fingerprint density at radius 1 is 0.875 bits per heavy atom. The zero-order valence-electron chi connectivity index (χ0n) is 12.4. The van der Waals surface area contributed by atoms with Crippen LogP contribution in [0, 0.1) is 10.1 Å². The van der Waals surface area contributed by atoms with Gasteiger partial charge in [-0.1, -0.05) is 18.2 Å². The van der Waals surface area contributed by atoms with Gasteiger partial charge in [0, 0.05) is 29.1 Å². The molecule has 1 heterocycles. The van der Waals surface area contributed by atoms with E-state index in [1.165, 1.54) is 24.3 Å². The first-order valence-electron chi connectivity index (χ1n) is 7.33. The number of hydrogen-bond donors (Lipinski definition) is 0. The van der Waals surface area contributed by atoms with Crippen molar-refractivity contribution >= 4 is 16.7 Å². The summed E-state index contributed by atoms with van der Waals surface area (Å²) in [7, 11) is 0. The van der Waals surface area contributed by atoms with E-state index in [-0.39, 0.29) is 11.1 Å². The summed E-state index contributed by atoms with van der Waals surface area (Å²) in [5.41, 5.74) is 2.76. The highest BCUT2D eigenvalue weighted by atomic mass is 16.6. The molecule has 0 fully saturated rings. The second kappa shape index (κ2) is 5.31. The molecule has 0 unspecified atom stereocenters. The number of nitro groups is 1. The Kier molecular flexibility index (Phi) is 3.13. The molecular formula is C19H11NO4. The van der Waals surface area contributed by atoms with Gasteiger partial charge in [-0.2, -0.15) is 0 Å². The zero-order chi connectivity index (χ0) is 16.7.